The van der Waals surface area contributed by atoms with Crippen molar-refractivity contribution < 1.29 is 9.59 Å². The molecule has 4 amide bonds. The van der Waals surface area contributed by atoms with Crippen LogP contribution in [-0.4, -0.2) is 42.6 Å². The second kappa shape index (κ2) is 9.46. The number of urea groups is 2. The maximum Gasteiger partial charge on any atom is 0.319 e. The minimum atomic E-state index is -0.219. The molecule has 26 heavy (non-hydrogen) atoms. The second-order valence-electron chi connectivity index (χ2n) is 7.28. The summed E-state index contributed by atoms with van der Waals surface area (Å²) in [6, 6.07) is 9.63. The lowest BCUT2D eigenvalue weighted by molar-refractivity contribution is 0.0843. The van der Waals surface area contributed by atoms with Crippen molar-refractivity contribution in [2.24, 2.45) is 5.92 Å². The summed E-state index contributed by atoms with van der Waals surface area (Å²) in [5, 5.41) is 8.62. The van der Waals surface area contributed by atoms with Gasteiger partial charge in [0.1, 0.15) is 0 Å². The third-order valence-electron chi connectivity index (χ3n) is 5.45. The van der Waals surface area contributed by atoms with Gasteiger partial charge < -0.3 is 20.9 Å². The van der Waals surface area contributed by atoms with E-state index >= 15 is 0 Å². The average molecular weight is 358 g/mol. The molecule has 0 spiro atoms. The number of fused-ring (bicyclic) bond motifs is 1. The summed E-state index contributed by atoms with van der Waals surface area (Å²) in [4.78, 5) is 26.4. The van der Waals surface area contributed by atoms with Crippen LogP contribution in [0.4, 0.5) is 15.3 Å². The molecule has 0 bridgehead atoms. The summed E-state index contributed by atoms with van der Waals surface area (Å²) < 4.78 is 0. The molecule has 1 aromatic rings. The quantitative estimate of drug-likeness (QED) is 0.704. The third kappa shape index (κ3) is 5.13. The van der Waals surface area contributed by atoms with E-state index < -0.39 is 0 Å². The van der Waals surface area contributed by atoms with E-state index in [1.807, 2.05) is 30.3 Å². The number of rotatable bonds is 5. The van der Waals surface area contributed by atoms with E-state index in [1.54, 1.807) is 0 Å². The van der Waals surface area contributed by atoms with Gasteiger partial charge in [-0.1, -0.05) is 31.0 Å². The smallest absolute Gasteiger partial charge is 0.319 e. The maximum absolute atomic E-state index is 12.5. The topological polar surface area (TPSA) is 73.5 Å². The molecule has 1 aliphatic heterocycles. The van der Waals surface area contributed by atoms with Gasteiger partial charge >= 0.3 is 12.1 Å². The highest BCUT2D eigenvalue weighted by Crippen LogP contribution is 2.35. The molecule has 6 nitrogen and oxygen atoms in total. The Hall–Kier alpha value is -2.24. The highest BCUT2D eigenvalue weighted by atomic mass is 16.2. The van der Waals surface area contributed by atoms with Crippen molar-refractivity contribution in [1.82, 2.24) is 15.5 Å². The van der Waals surface area contributed by atoms with E-state index in [-0.39, 0.29) is 12.1 Å². The molecule has 0 aromatic heterocycles. The molecule has 2 fully saturated rings. The largest absolute Gasteiger partial charge is 0.338 e. The number of para-hydroxylation sites is 1. The van der Waals surface area contributed by atoms with E-state index in [0.717, 1.165) is 31.5 Å². The van der Waals surface area contributed by atoms with Crippen molar-refractivity contribution in [3.8, 4) is 0 Å². The molecular formula is C20H30N4O2. The number of piperidine rings is 1. The number of carbonyl (C=O) groups is 2. The highest BCUT2D eigenvalue weighted by molar-refractivity contribution is 5.89. The molecule has 1 saturated heterocycles. The first kappa shape index (κ1) is 18.5. The number of benzene rings is 1. The van der Waals surface area contributed by atoms with Crippen LogP contribution in [0.15, 0.2) is 30.3 Å². The summed E-state index contributed by atoms with van der Waals surface area (Å²) in [5.41, 5.74) is 0.769. The molecule has 6 heteroatoms. The normalized spacial score (nSPS) is 22.2. The van der Waals surface area contributed by atoms with Gasteiger partial charge in [0.15, 0.2) is 0 Å². The Kier molecular flexibility index (Phi) is 6.75. The van der Waals surface area contributed by atoms with E-state index in [4.69, 9.17) is 0 Å². The zero-order chi connectivity index (χ0) is 18.2. The molecule has 1 aliphatic carbocycles. The Morgan fingerprint density at radius 3 is 2.54 bits per heavy atom. The van der Waals surface area contributed by atoms with Crippen LogP contribution >= 0.6 is 0 Å². The number of carbonyl (C=O) groups excluding carboxylic acids is 2. The Labute approximate surface area is 155 Å². The van der Waals surface area contributed by atoms with Crippen LogP contribution in [0.2, 0.25) is 0 Å². The van der Waals surface area contributed by atoms with Crippen LogP contribution in [0.3, 0.4) is 0 Å². The van der Waals surface area contributed by atoms with Crippen LogP contribution in [0, 0.1) is 5.92 Å². The maximum atomic E-state index is 12.5. The van der Waals surface area contributed by atoms with Gasteiger partial charge in [0.2, 0.25) is 0 Å². The van der Waals surface area contributed by atoms with Crippen LogP contribution in [0.5, 0.6) is 0 Å². The van der Waals surface area contributed by atoms with Crippen molar-refractivity contribution >= 4 is 17.7 Å². The van der Waals surface area contributed by atoms with Gasteiger partial charge in [0.25, 0.3) is 0 Å². The molecule has 1 aromatic carbocycles. The van der Waals surface area contributed by atoms with Gasteiger partial charge in [-0.05, 0) is 50.2 Å². The van der Waals surface area contributed by atoms with Crippen LogP contribution < -0.4 is 16.0 Å². The zero-order valence-corrected chi connectivity index (χ0v) is 15.4. The predicted molar refractivity (Wildman–Crippen MR) is 103 cm³/mol. The van der Waals surface area contributed by atoms with Crippen molar-refractivity contribution in [3.63, 3.8) is 0 Å². The zero-order valence-electron chi connectivity index (χ0n) is 15.4. The fraction of sp³-hybridized carbons (Fsp3) is 0.600. The van der Waals surface area contributed by atoms with Gasteiger partial charge in [0.05, 0.1) is 0 Å². The van der Waals surface area contributed by atoms with E-state index in [0.29, 0.717) is 25.0 Å². The van der Waals surface area contributed by atoms with Crippen molar-refractivity contribution in [2.45, 2.75) is 51.0 Å². The Morgan fingerprint density at radius 2 is 1.69 bits per heavy atom. The predicted octanol–water partition coefficient (Wildman–Crippen LogP) is 3.56. The SMILES string of the molecule is O=C(NCCCNC(=O)N1CCCC2CCCCC21)Nc1ccccc1. The fourth-order valence-electron chi connectivity index (χ4n) is 4.16. The standard InChI is InChI=1S/C20H30N4O2/c25-19(23-17-10-2-1-3-11-17)21-13-7-14-22-20(26)24-15-6-9-16-8-4-5-12-18(16)24/h1-3,10-11,16,18H,4-9,12-15H2,(H,22,26)(H2,21,23,25). The summed E-state index contributed by atoms with van der Waals surface area (Å²) >= 11 is 0. The first-order valence-electron chi connectivity index (χ1n) is 9.88. The number of nitrogens with one attached hydrogen (secondary N) is 3. The van der Waals surface area contributed by atoms with E-state index in [2.05, 4.69) is 20.9 Å². The molecule has 2 atom stereocenters. The Morgan fingerprint density at radius 1 is 0.962 bits per heavy atom. The number of nitrogens with zero attached hydrogens (tertiary/aromatic N) is 1. The van der Waals surface area contributed by atoms with E-state index in [9.17, 15) is 9.59 Å². The van der Waals surface area contributed by atoms with Gasteiger partial charge in [0, 0.05) is 31.4 Å². The van der Waals surface area contributed by atoms with Crippen molar-refractivity contribution in [1.29, 1.82) is 0 Å². The van der Waals surface area contributed by atoms with Gasteiger partial charge in [-0.3, -0.25) is 0 Å². The number of amides is 4. The summed E-state index contributed by atoms with van der Waals surface area (Å²) in [5.74, 6) is 0.701. The molecule has 2 unspecified atom stereocenters. The number of hydrogen-bond donors (Lipinski definition) is 3. The van der Waals surface area contributed by atoms with Gasteiger partial charge in [-0.25, -0.2) is 9.59 Å². The monoisotopic (exact) mass is 358 g/mol. The van der Waals surface area contributed by atoms with E-state index in [1.165, 1.54) is 25.7 Å². The highest BCUT2D eigenvalue weighted by Gasteiger charge is 2.35. The number of likely N-dealkylation sites (tertiary alicyclic amines) is 1. The summed E-state index contributed by atoms with van der Waals surface area (Å²) in [6.45, 7) is 1.99. The Bertz CT molecular complexity index is 591. The van der Waals surface area contributed by atoms with Crippen LogP contribution in [0.25, 0.3) is 0 Å². The van der Waals surface area contributed by atoms with Crippen molar-refractivity contribution in [2.75, 3.05) is 25.0 Å². The molecule has 1 heterocycles. The number of anilines is 1. The molecule has 3 rings (SSSR count). The third-order valence-corrected chi connectivity index (χ3v) is 5.45. The molecule has 0 radical (unpaired) electrons. The lowest BCUT2D eigenvalue weighted by Gasteiger charge is -2.44. The molecule has 142 valence electrons. The first-order valence-corrected chi connectivity index (χ1v) is 9.88. The van der Waals surface area contributed by atoms with Gasteiger partial charge in [-0.15, -0.1) is 0 Å². The average Bonchev–Trinajstić information content (AvgIpc) is 2.68. The van der Waals surface area contributed by atoms with Gasteiger partial charge in [-0.2, -0.15) is 0 Å². The summed E-state index contributed by atoms with van der Waals surface area (Å²) in [7, 11) is 0. The Balaban J connectivity index is 1.32. The minimum absolute atomic E-state index is 0.0651. The number of hydrogen-bond acceptors (Lipinski definition) is 2. The van der Waals surface area contributed by atoms with Crippen molar-refractivity contribution in [3.05, 3.63) is 30.3 Å². The van der Waals surface area contributed by atoms with Crippen LogP contribution in [0.1, 0.15) is 44.9 Å². The first-order chi connectivity index (χ1) is 12.7. The minimum Gasteiger partial charge on any atom is -0.338 e. The fourth-order valence-corrected chi connectivity index (χ4v) is 4.16. The lowest BCUT2D eigenvalue weighted by atomic mass is 9.78. The molecule has 2 aliphatic rings. The second-order valence-corrected chi connectivity index (χ2v) is 7.28. The van der Waals surface area contributed by atoms with Crippen LogP contribution in [-0.2, 0) is 0 Å². The molecular weight excluding hydrogens is 328 g/mol. The molecule has 3 N–H and O–H groups in total. The molecule has 1 saturated carbocycles. The lowest BCUT2D eigenvalue weighted by Crippen LogP contribution is -2.53. The summed E-state index contributed by atoms with van der Waals surface area (Å²) in [6.07, 6.45) is 8.09.